The molecule has 0 aliphatic heterocycles. The van der Waals surface area contributed by atoms with E-state index in [-0.39, 0.29) is 0 Å². The number of para-hydroxylation sites is 1. The highest BCUT2D eigenvalue weighted by Gasteiger charge is 2.15. The third-order valence-corrected chi connectivity index (χ3v) is 5.19. The lowest BCUT2D eigenvalue weighted by molar-refractivity contribution is 0.465. The van der Waals surface area contributed by atoms with E-state index in [2.05, 4.69) is 52.5 Å². The minimum absolute atomic E-state index is 0.447. The summed E-state index contributed by atoms with van der Waals surface area (Å²) >= 11 is 0. The Morgan fingerprint density at radius 3 is 2.21 bits per heavy atom. The van der Waals surface area contributed by atoms with Gasteiger partial charge in [-0.2, -0.15) is 0 Å². The summed E-state index contributed by atoms with van der Waals surface area (Å²) in [6, 6.07) is 18.7. The second kappa shape index (κ2) is 10.1. The molecule has 1 unspecified atom stereocenters. The molecule has 0 saturated heterocycles. The number of nitrogens with zero attached hydrogens (tertiary/aromatic N) is 2. The fraction of sp³-hybridized carbons (Fsp3) is 0.360. The Kier molecular flexibility index (Phi) is 7.23. The van der Waals surface area contributed by atoms with E-state index >= 15 is 0 Å². The SMILES string of the molecule is CCCCC(CNc1nc(C)c(Oc2ccccc2C)c(C)n1)c1ccccc1. The Bertz CT molecular complexity index is 901. The van der Waals surface area contributed by atoms with Crippen molar-refractivity contribution in [2.75, 3.05) is 11.9 Å². The van der Waals surface area contributed by atoms with Crippen molar-refractivity contribution in [1.82, 2.24) is 9.97 Å². The molecule has 0 aliphatic carbocycles. The zero-order valence-corrected chi connectivity index (χ0v) is 17.9. The summed E-state index contributed by atoms with van der Waals surface area (Å²) in [5, 5.41) is 3.46. The molecule has 1 aromatic heterocycles. The van der Waals surface area contributed by atoms with Crippen molar-refractivity contribution in [2.45, 2.75) is 52.9 Å². The largest absolute Gasteiger partial charge is 0.453 e. The Morgan fingerprint density at radius 2 is 1.55 bits per heavy atom. The molecular weight excluding hydrogens is 358 g/mol. The van der Waals surface area contributed by atoms with Gasteiger partial charge < -0.3 is 10.1 Å². The number of ether oxygens (including phenoxy) is 1. The second-order valence-corrected chi connectivity index (χ2v) is 7.55. The maximum absolute atomic E-state index is 6.12. The molecule has 0 radical (unpaired) electrons. The van der Waals surface area contributed by atoms with Crippen LogP contribution in [0.3, 0.4) is 0 Å². The van der Waals surface area contributed by atoms with Gasteiger partial charge in [0.05, 0.1) is 11.4 Å². The van der Waals surface area contributed by atoms with E-state index in [0.717, 1.165) is 41.4 Å². The van der Waals surface area contributed by atoms with Crippen LogP contribution in [0.1, 0.15) is 54.6 Å². The molecular formula is C25H31N3O. The fourth-order valence-electron chi connectivity index (χ4n) is 3.49. The van der Waals surface area contributed by atoms with Gasteiger partial charge >= 0.3 is 0 Å². The number of hydrogen-bond donors (Lipinski definition) is 1. The molecule has 3 aromatic rings. The molecule has 0 bridgehead atoms. The molecule has 4 nitrogen and oxygen atoms in total. The predicted octanol–water partition coefficient (Wildman–Crippen LogP) is 6.58. The average molecular weight is 390 g/mol. The van der Waals surface area contributed by atoms with Crippen molar-refractivity contribution < 1.29 is 4.74 Å². The molecule has 0 amide bonds. The van der Waals surface area contributed by atoms with Crippen molar-refractivity contribution in [3.05, 3.63) is 77.1 Å². The van der Waals surface area contributed by atoms with E-state index < -0.39 is 0 Å². The molecule has 3 rings (SSSR count). The van der Waals surface area contributed by atoms with E-state index in [4.69, 9.17) is 4.74 Å². The Balaban J connectivity index is 1.73. The molecule has 0 saturated carbocycles. The number of hydrogen-bond acceptors (Lipinski definition) is 4. The van der Waals surface area contributed by atoms with Gasteiger partial charge in [-0.05, 0) is 44.4 Å². The van der Waals surface area contributed by atoms with Crippen molar-refractivity contribution in [3.63, 3.8) is 0 Å². The summed E-state index contributed by atoms with van der Waals surface area (Å²) in [7, 11) is 0. The van der Waals surface area contributed by atoms with Crippen LogP contribution in [-0.2, 0) is 0 Å². The van der Waals surface area contributed by atoms with Gasteiger partial charge in [0.1, 0.15) is 5.75 Å². The third kappa shape index (κ3) is 5.57. The molecule has 1 atom stereocenters. The smallest absolute Gasteiger partial charge is 0.223 e. The molecule has 1 N–H and O–H groups in total. The predicted molar refractivity (Wildman–Crippen MR) is 120 cm³/mol. The van der Waals surface area contributed by atoms with Gasteiger partial charge in [-0.25, -0.2) is 9.97 Å². The number of benzene rings is 2. The van der Waals surface area contributed by atoms with Crippen molar-refractivity contribution in [1.29, 1.82) is 0 Å². The van der Waals surface area contributed by atoms with Gasteiger partial charge in [-0.3, -0.25) is 0 Å². The van der Waals surface area contributed by atoms with Crippen LogP contribution in [0.4, 0.5) is 5.95 Å². The van der Waals surface area contributed by atoms with Crippen molar-refractivity contribution in [2.24, 2.45) is 0 Å². The van der Waals surface area contributed by atoms with Crippen LogP contribution in [-0.4, -0.2) is 16.5 Å². The summed E-state index contributed by atoms with van der Waals surface area (Å²) in [5.74, 6) is 2.68. The standard InChI is InChI=1S/C25H31N3O/c1-5-6-13-22(21-14-8-7-9-15-21)17-26-25-27-19(3)24(20(4)28-25)29-23-16-11-10-12-18(23)2/h7-12,14-16,22H,5-6,13,17H2,1-4H3,(H,26,27,28). The molecule has 29 heavy (non-hydrogen) atoms. The highest BCUT2D eigenvalue weighted by molar-refractivity contribution is 5.43. The number of aromatic nitrogens is 2. The van der Waals surface area contributed by atoms with E-state index in [1.807, 2.05) is 45.0 Å². The minimum Gasteiger partial charge on any atom is -0.453 e. The summed E-state index contributed by atoms with van der Waals surface area (Å²) in [6.07, 6.45) is 3.56. The first-order valence-corrected chi connectivity index (χ1v) is 10.5. The number of unbranched alkanes of at least 4 members (excludes halogenated alkanes) is 1. The normalized spacial score (nSPS) is 11.9. The summed E-state index contributed by atoms with van der Waals surface area (Å²) < 4.78 is 6.12. The molecule has 0 fully saturated rings. The lowest BCUT2D eigenvalue weighted by Crippen LogP contribution is -2.15. The van der Waals surface area contributed by atoms with E-state index in [1.165, 1.54) is 18.4 Å². The van der Waals surface area contributed by atoms with Gasteiger partial charge in [0.2, 0.25) is 5.95 Å². The first-order valence-electron chi connectivity index (χ1n) is 10.5. The van der Waals surface area contributed by atoms with Crippen molar-refractivity contribution >= 4 is 5.95 Å². The summed E-state index contributed by atoms with van der Waals surface area (Å²) in [5.41, 5.74) is 4.14. The van der Waals surface area contributed by atoms with Crippen molar-refractivity contribution in [3.8, 4) is 11.5 Å². The molecule has 1 heterocycles. The van der Waals surface area contributed by atoms with E-state index in [1.54, 1.807) is 0 Å². The number of aryl methyl sites for hydroxylation is 3. The molecule has 152 valence electrons. The lowest BCUT2D eigenvalue weighted by atomic mass is 9.93. The summed E-state index contributed by atoms with van der Waals surface area (Å²) in [6.45, 7) is 9.04. The summed E-state index contributed by atoms with van der Waals surface area (Å²) in [4.78, 5) is 9.32. The molecule has 0 spiro atoms. The van der Waals surface area contributed by atoms with Gasteiger partial charge in [0, 0.05) is 12.5 Å². The van der Waals surface area contributed by atoms with Crippen LogP contribution < -0.4 is 10.1 Å². The van der Waals surface area contributed by atoms with Crippen LogP contribution in [0, 0.1) is 20.8 Å². The molecule has 2 aromatic carbocycles. The highest BCUT2D eigenvalue weighted by Crippen LogP contribution is 2.30. The van der Waals surface area contributed by atoms with E-state index in [0.29, 0.717) is 11.9 Å². The number of nitrogens with one attached hydrogen (secondary N) is 1. The topological polar surface area (TPSA) is 47.0 Å². The molecule has 0 aliphatic rings. The highest BCUT2D eigenvalue weighted by atomic mass is 16.5. The van der Waals surface area contributed by atoms with Gasteiger partial charge in [0.25, 0.3) is 0 Å². The minimum atomic E-state index is 0.447. The third-order valence-electron chi connectivity index (χ3n) is 5.19. The second-order valence-electron chi connectivity index (χ2n) is 7.55. The number of anilines is 1. The Hall–Kier alpha value is -2.88. The van der Waals surface area contributed by atoms with Crippen LogP contribution in [0.2, 0.25) is 0 Å². The average Bonchev–Trinajstić information content (AvgIpc) is 2.72. The quantitative estimate of drug-likeness (QED) is 0.449. The first kappa shape index (κ1) is 20.8. The zero-order chi connectivity index (χ0) is 20.6. The maximum Gasteiger partial charge on any atom is 0.223 e. The van der Waals surface area contributed by atoms with Crippen LogP contribution >= 0.6 is 0 Å². The van der Waals surface area contributed by atoms with Crippen LogP contribution in [0.25, 0.3) is 0 Å². The van der Waals surface area contributed by atoms with Gasteiger partial charge in [-0.15, -0.1) is 0 Å². The van der Waals surface area contributed by atoms with E-state index in [9.17, 15) is 0 Å². The fourth-order valence-corrected chi connectivity index (χ4v) is 3.49. The monoisotopic (exact) mass is 389 g/mol. The number of rotatable bonds is 9. The Morgan fingerprint density at radius 1 is 0.897 bits per heavy atom. The van der Waals surface area contributed by atoms with Crippen LogP contribution in [0.15, 0.2) is 54.6 Å². The zero-order valence-electron chi connectivity index (χ0n) is 17.9. The maximum atomic E-state index is 6.12. The molecule has 4 heteroatoms. The lowest BCUT2D eigenvalue weighted by Gasteiger charge is -2.19. The first-order chi connectivity index (χ1) is 14.1. The van der Waals surface area contributed by atoms with Crippen LogP contribution in [0.5, 0.6) is 11.5 Å². The Labute approximate surface area is 174 Å². The van der Waals surface area contributed by atoms with Gasteiger partial charge in [-0.1, -0.05) is 68.3 Å². The van der Waals surface area contributed by atoms with Gasteiger partial charge in [0.15, 0.2) is 5.75 Å².